The van der Waals surface area contributed by atoms with Crippen molar-refractivity contribution in [2.45, 2.75) is 36.1 Å². The maximum absolute atomic E-state index is 9.87. The molecular formula is C9H18O8. The predicted octanol–water partition coefficient (Wildman–Crippen LogP) is -4.46. The third-order valence-corrected chi connectivity index (χ3v) is 2.92. The highest BCUT2D eigenvalue weighted by atomic mass is 16.5. The zero-order chi connectivity index (χ0) is 13.2. The molecule has 0 aliphatic heterocycles. The molecule has 7 N–H and O–H groups in total. The van der Waals surface area contributed by atoms with Crippen molar-refractivity contribution in [3.63, 3.8) is 0 Å². The number of hydrogen-bond donors (Lipinski definition) is 7. The van der Waals surface area contributed by atoms with E-state index in [1.165, 1.54) is 0 Å². The molecule has 1 saturated carbocycles. The molecule has 0 bridgehead atoms. The van der Waals surface area contributed by atoms with Crippen molar-refractivity contribution >= 4 is 0 Å². The molecule has 8 nitrogen and oxygen atoms in total. The molecule has 0 spiro atoms. The van der Waals surface area contributed by atoms with E-state index in [1.54, 1.807) is 0 Å². The Balaban J connectivity index is 2.73. The standard InChI is InChI=1S/C9H18O8/c10-1-4(12)2-17-8-6(14)5(13)7(15)9(8,16)3-11/h4-8,10-16H,1-3H2/t4-,5+,6-,7+,8-,9+/m1/s1. The summed E-state index contributed by atoms with van der Waals surface area (Å²) in [5.41, 5.74) is -2.21. The first-order chi connectivity index (χ1) is 7.88. The number of ether oxygens (including phenoxy) is 1. The van der Waals surface area contributed by atoms with Crippen molar-refractivity contribution in [2.75, 3.05) is 19.8 Å². The van der Waals surface area contributed by atoms with E-state index in [2.05, 4.69) is 0 Å². The molecule has 0 aromatic heterocycles. The topological polar surface area (TPSA) is 151 Å². The largest absolute Gasteiger partial charge is 0.394 e. The molecule has 0 saturated heterocycles. The van der Waals surface area contributed by atoms with Crippen LogP contribution in [0.4, 0.5) is 0 Å². The van der Waals surface area contributed by atoms with E-state index in [0.29, 0.717) is 0 Å². The van der Waals surface area contributed by atoms with Crippen LogP contribution in [0.15, 0.2) is 0 Å². The van der Waals surface area contributed by atoms with Crippen LogP contribution < -0.4 is 0 Å². The first kappa shape index (κ1) is 14.7. The third-order valence-electron chi connectivity index (χ3n) is 2.92. The molecule has 6 atom stereocenters. The lowest BCUT2D eigenvalue weighted by Crippen LogP contribution is -2.53. The summed E-state index contributed by atoms with van der Waals surface area (Å²) in [4.78, 5) is 0. The summed E-state index contributed by atoms with van der Waals surface area (Å²) < 4.78 is 4.93. The summed E-state index contributed by atoms with van der Waals surface area (Å²) in [5.74, 6) is 0. The summed E-state index contributed by atoms with van der Waals surface area (Å²) in [7, 11) is 0. The number of rotatable bonds is 5. The molecular weight excluding hydrogens is 236 g/mol. The van der Waals surface area contributed by atoms with E-state index in [9.17, 15) is 20.4 Å². The quantitative estimate of drug-likeness (QED) is 0.259. The van der Waals surface area contributed by atoms with Gasteiger partial charge in [-0.05, 0) is 0 Å². The zero-order valence-electron chi connectivity index (χ0n) is 9.05. The number of aliphatic hydroxyl groups excluding tert-OH is 6. The van der Waals surface area contributed by atoms with Crippen LogP contribution in [0.5, 0.6) is 0 Å². The minimum atomic E-state index is -2.21. The summed E-state index contributed by atoms with van der Waals surface area (Å²) >= 11 is 0. The van der Waals surface area contributed by atoms with Gasteiger partial charge in [0.25, 0.3) is 0 Å². The van der Waals surface area contributed by atoms with Gasteiger partial charge in [-0.25, -0.2) is 0 Å². The highest BCUT2D eigenvalue weighted by molar-refractivity contribution is 5.10. The van der Waals surface area contributed by atoms with Gasteiger partial charge in [-0.3, -0.25) is 0 Å². The molecule has 1 aliphatic rings. The molecule has 0 aromatic carbocycles. The Labute approximate surface area is 97.3 Å². The molecule has 1 rings (SSSR count). The van der Waals surface area contributed by atoms with Gasteiger partial charge < -0.3 is 40.5 Å². The second-order valence-corrected chi connectivity index (χ2v) is 4.17. The first-order valence-electron chi connectivity index (χ1n) is 5.16. The Hall–Kier alpha value is -0.320. The molecule has 102 valence electrons. The Morgan fingerprint density at radius 3 is 2.18 bits per heavy atom. The van der Waals surface area contributed by atoms with Gasteiger partial charge >= 0.3 is 0 Å². The fourth-order valence-electron chi connectivity index (χ4n) is 1.82. The molecule has 8 heteroatoms. The van der Waals surface area contributed by atoms with Gasteiger partial charge in [0.1, 0.15) is 36.1 Å². The fourth-order valence-corrected chi connectivity index (χ4v) is 1.82. The minimum absolute atomic E-state index is 0.417. The molecule has 0 aromatic rings. The third kappa shape index (κ3) is 2.59. The van der Waals surface area contributed by atoms with E-state index in [4.69, 9.17) is 20.1 Å². The second kappa shape index (κ2) is 5.55. The maximum atomic E-state index is 9.87. The van der Waals surface area contributed by atoms with Crippen LogP contribution in [0, 0.1) is 0 Å². The SMILES string of the molecule is OC[C@@H](O)CO[C@@H]1[C@H](O)[C@H](O)[C@H](O)[C@@]1(O)CO. The van der Waals surface area contributed by atoms with Crippen LogP contribution in [0.2, 0.25) is 0 Å². The van der Waals surface area contributed by atoms with Crippen LogP contribution in [0.3, 0.4) is 0 Å². The lowest BCUT2D eigenvalue weighted by Gasteiger charge is -2.31. The summed E-state index contributed by atoms with van der Waals surface area (Å²) in [6.45, 7) is -1.92. The van der Waals surface area contributed by atoms with Gasteiger partial charge in [0, 0.05) is 0 Å². The molecule has 0 heterocycles. The fraction of sp³-hybridized carbons (Fsp3) is 1.00. The van der Waals surface area contributed by atoms with Crippen molar-refractivity contribution in [3.05, 3.63) is 0 Å². The van der Waals surface area contributed by atoms with Gasteiger partial charge in [0.2, 0.25) is 0 Å². The summed E-state index contributed by atoms with van der Waals surface area (Å²) in [5, 5.41) is 64.8. The molecule has 1 fully saturated rings. The van der Waals surface area contributed by atoms with Gasteiger partial charge in [0.05, 0.1) is 19.8 Å². The number of aliphatic hydroxyl groups is 7. The van der Waals surface area contributed by atoms with Crippen LogP contribution in [-0.2, 0) is 4.74 Å². The molecule has 1 aliphatic carbocycles. The Morgan fingerprint density at radius 1 is 1.12 bits per heavy atom. The molecule has 0 radical (unpaired) electrons. The van der Waals surface area contributed by atoms with Crippen molar-refractivity contribution in [1.82, 2.24) is 0 Å². The van der Waals surface area contributed by atoms with E-state index in [1.807, 2.05) is 0 Å². The highest BCUT2D eigenvalue weighted by Gasteiger charge is 2.59. The molecule has 0 unspecified atom stereocenters. The van der Waals surface area contributed by atoms with Crippen molar-refractivity contribution in [1.29, 1.82) is 0 Å². The van der Waals surface area contributed by atoms with Gasteiger partial charge in [0.15, 0.2) is 0 Å². The van der Waals surface area contributed by atoms with E-state index >= 15 is 0 Å². The molecule has 17 heavy (non-hydrogen) atoms. The normalized spacial score (nSPS) is 43.9. The number of hydrogen-bond acceptors (Lipinski definition) is 8. The van der Waals surface area contributed by atoms with Gasteiger partial charge in [-0.1, -0.05) is 0 Å². The van der Waals surface area contributed by atoms with Crippen LogP contribution in [0.1, 0.15) is 0 Å². The smallest absolute Gasteiger partial charge is 0.145 e. The van der Waals surface area contributed by atoms with Crippen LogP contribution in [-0.4, -0.2) is 91.7 Å². The lowest BCUT2D eigenvalue weighted by molar-refractivity contribution is -0.178. The van der Waals surface area contributed by atoms with Gasteiger partial charge in [-0.15, -0.1) is 0 Å². The Bertz CT molecular complexity index is 249. The Morgan fingerprint density at radius 2 is 1.71 bits per heavy atom. The van der Waals surface area contributed by atoms with Crippen molar-refractivity contribution < 1.29 is 40.5 Å². The summed E-state index contributed by atoms with van der Waals surface area (Å²) in [6.07, 6.45) is -7.71. The minimum Gasteiger partial charge on any atom is -0.394 e. The van der Waals surface area contributed by atoms with Gasteiger partial charge in [-0.2, -0.15) is 0 Å². The maximum Gasteiger partial charge on any atom is 0.145 e. The van der Waals surface area contributed by atoms with E-state index < -0.39 is 55.9 Å². The van der Waals surface area contributed by atoms with Crippen molar-refractivity contribution in [2.24, 2.45) is 0 Å². The highest BCUT2D eigenvalue weighted by Crippen LogP contribution is 2.33. The van der Waals surface area contributed by atoms with Crippen LogP contribution >= 0.6 is 0 Å². The zero-order valence-corrected chi connectivity index (χ0v) is 9.05. The second-order valence-electron chi connectivity index (χ2n) is 4.17. The van der Waals surface area contributed by atoms with E-state index in [0.717, 1.165) is 0 Å². The van der Waals surface area contributed by atoms with Crippen LogP contribution in [0.25, 0.3) is 0 Å². The average molecular weight is 254 g/mol. The lowest BCUT2D eigenvalue weighted by atomic mass is 9.98. The average Bonchev–Trinajstić information content (AvgIpc) is 2.50. The Kier molecular flexibility index (Phi) is 4.81. The first-order valence-corrected chi connectivity index (χ1v) is 5.16. The summed E-state index contributed by atoms with van der Waals surface area (Å²) in [6, 6.07) is 0. The van der Waals surface area contributed by atoms with Crippen molar-refractivity contribution in [3.8, 4) is 0 Å². The monoisotopic (exact) mass is 254 g/mol. The molecule has 0 amide bonds. The predicted molar refractivity (Wildman–Crippen MR) is 52.9 cm³/mol. The van der Waals surface area contributed by atoms with E-state index in [-0.39, 0.29) is 0 Å².